The standard InChI is InChI=1S/C21H19ClFNO2.ClH/c22-18-8-6-16(12-19(18)23)17-7-9-20(25-11-10-24)21(13-17)26-14-15-4-2-1-3-5-15;/h1-9,12-13H,10-11,14,24H2;1H. The number of rotatable bonds is 7. The van der Waals surface area contributed by atoms with E-state index in [4.69, 9.17) is 26.8 Å². The molecule has 3 rings (SSSR count). The van der Waals surface area contributed by atoms with Crippen LogP contribution >= 0.6 is 24.0 Å². The Hall–Kier alpha value is -2.27. The number of halogens is 3. The maximum atomic E-state index is 13.8. The molecule has 0 aliphatic heterocycles. The second-order valence-electron chi connectivity index (χ2n) is 5.70. The molecule has 0 saturated carbocycles. The van der Waals surface area contributed by atoms with Crippen LogP contribution in [-0.4, -0.2) is 13.2 Å². The molecule has 0 aromatic heterocycles. The summed E-state index contributed by atoms with van der Waals surface area (Å²) in [4.78, 5) is 0. The van der Waals surface area contributed by atoms with Crippen molar-refractivity contribution in [2.45, 2.75) is 6.61 Å². The van der Waals surface area contributed by atoms with Crippen LogP contribution in [0.4, 0.5) is 4.39 Å². The highest BCUT2D eigenvalue weighted by Gasteiger charge is 2.10. The number of ether oxygens (including phenoxy) is 2. The van der Waals surface area contributed by atoms with Gasteiger partial charge in [-0.05, 0) is 41.0 Å². The first-order valence-corrected chi connectivity index (χ1v) is 8.64. The second-order valence-corrected chi connectivity index (χ2v) is 6.11. The fraction of sp³-hybridized carbons (Fsp3) is 0.143. The van der Waals surface area contributed by atoms with Gasteiger partial charge in [0.15, 0.2) is 11.5 Å². The van der Waals surface area contributed by atoms with E-state index in [1.54, 1.807) is 12.1 Å². The van der Waals surface area contributed by atoms with Gasteiger partial charge in [0.05, 0.1) is 5.02 Å². The van der Waals surface area contributed by atoms with E-state index >= 15 is 0 Å². The third-order valence-corrected chi connectivity index (χ3v) is 4.12. The summed E-state index contributed by atoms with van der Waals surface area (Å²) in [6.45, 7) is 1.19. The zero-order chi connectivity index (χ0) is 18.4. The van der Waals surface area contributed by atoms with Crippen molar-refractivity contribution in [3.05, 3.63) is 83.1 Å². The molecule has 0 unspecified atom stereocenters. The van der Waals surface area contributed by atoms with Crippen LogP contribution in [0.5, 0.6) is 11.5 Å². The fourth-order valence-corrected chi connectivity index (χ4v) is 2.62. The molecule has 0 radical (unpaired) electrons. The van der Waals surface area contributed by atoms with E-state index in [0.29, 0.717) is 36.8 Å². The molecule has 3 nitrogen and oxygen atoms in total. The molecular formula is C21H20Cl2FNO2. The van der Waals surface area contributed by atoms with Crippen molar-refractivity contribution >= 4 is 24.0 Å². The largest absolute Gasteiger partial charge is 0.488 e. The van der Waals surface area contributed by atoms with E-state index < -0.39 is 5.82 Å². The monoisotopic (exact) mass is 407 g/mol. The Kier molecular flexibility index (Phi) is 7.92. The molecule has 0 atom stereocenters. The first-order valence-electron chi connectivity index (χ1n) is 8.26. The molecule has 0 spiro atoms. The summed E-state index contributed by atoms with van der Waals surface area (Å²) in [6, 6.07) is 20.0. The minimum absolute atomic E-state index is 0. The quantitative estimate of drug-likeness (QED) is 0.563. The van der Waals surface area contributed by atoms with E-state index in [1.165, 1.54) is 12.1 Å². The molecule has 0 fully saturated rings. The van der Waals surface area contributed by atoms with Crippen molar-refractivity contribution in [2.24, 2.45) is 5.73 Å². The van der Waals surface area contributed by atoms with Crippen molar-refractivity contribution in [3.63, 3.8) is 0 Å². The lowest BCUT2D eigenvalue weighted by Crippen LogP contribution is -2.11. The third kappa shape index (κ3) is 5.60. The first-order chi connectivity index (χ1) is 12.7. The second kappa shape index (κ2) is 10.2. The summed E-state index contributed by atoms with van der Waals surface area (Å²) in [7, 11) is 0. The number of hydrogen-bond acceptors (Lipinski definition) is 3. The van der Waals surface area contributed by atoms with Crippen molar-refractivity contribution in [1.82, 2.24) is 0 Å². The molecule has 0 amide bonds. The Bertz CT molecular complexity index is 875. The van der Waals surface area contributed by atoms with E-state index in [-0.39, 0.29) is 17.4 Å². The number of hydrogen-bond donors (Lipinski definition) is 1. The van der Waals surface area contributed by atoms with Gasteiger partial charge in [0.2, 0.25) is 0 Å². The maximum absolute atomic E-state index is 13.8. The SMILES string of the molecule is Cl.NCCOc1ccc(-c2ccc(Cl)c(F)c2)cc1OCc1ccccc1. The topological polar surface area (TPSA) is 44.5 Å². The summed E-state index contributed by atoms with van der Waals surface area (Å²) >= 11 is 5.77. The molecule has 3 aromatic carbocycles. The van der Waals surface area contributed by atoms with Crippen LogP contribution < -0.4 is 15.2 Å². The van der Waals surface area contributed by atoms with Gasteiger partial charge >= 0.3 is 0 Å². The lowest BCUT2D eigenvalue weighted by Gasteiger charge is -2.14. The Labute approximate surface area is 169 Å². The van der Waals surface area contributed by atoms with E-state index in [1.807, 2.05) is 42.5 Å². The van der Waals surface area contributed by atoms with Gasteiger partial charge in [-0.15, -0.1) is 12.4 Å². The summed E-state index contributed by atoms with van der Waals surface area (Å²) in [5.74, 6) is 0.721. The van der Waals surface area contributed by atoms with Crippen molar-refractivity contribution in [2.75, 3.05) is 13.2 Å². The van der Waals surface area contributed by atoms with Gasteiger partial charge in [0.25, 0.3) is 0 Å². The highest BCUT2D eigenvalue weighted by atomic mass is 35.5. The average Bonchev–Trinajstić information content (AvgIpc) is 2.68. The zero-order valence-corrected chi connectivity index (χ0v) is 16.1. The van der Waals surface area contributed by atoms with Crippen LogP contribution in [0.15, 0.2) is 66.7 Å². The Morgan fingerprint density at radius 3 is 2.26 bits per heavy atom. The summed E-state index contributed by atoms with van der Waals surface area (Å²) in [5, 5.41) is 0.0946. The van der Waals surface area contributed by atoms with Gasteiger partial charge in [-0.2, -0.15) is 0 Å². The fourth-order valence-electron chi connectivity index (χ4n) is 2.50. The van der Waals surface area contributed by atoms with Gasteiger partial charge in [-0.1, -0.05) is 54.1 Å². The molecule has 0 heterocycles. The molecule has 142 valence electrons. The predicted molar refractivity (Wildman–Crippen MR) is 109 cm³/mol. The van der Waals surface area contributed by atoms with Gasteiger partial charge in [0.1, 0.15) is 19.0 Å². The average molecular weight is 408 g/mol. The van der Waals surface area contributed by atoms with Crippen LogP contribution in [0.25, 0.3) is 11.1 Å². The Morgan fingerprint density at radius 1 is 0.852 bits per heavy atom. The molecule has 0 bridgehead atoms. The zero-order valence-electron chi connectivity index (χ0n) is 14.5. The molecule has 6 heteroatoms. The minimum Gasteiger partial charge on any atom is -0.488 e. The molecule has 0 aliphatic rings. The lowest BCUT2D eigenvalue weighted by molar-refractivity contribution is 0.266. The highest BCUT2D eigenvalue weighted by molar-refractivity contribution is 6.30. The van der Waals surface area contributed by atoms with Crippen LogP contribution in [0.1, 0.15) is 5.56 Å². The van der Waals surface area contributed by atoms with Crippen LogP contribution in [0.3, 0.4) is 0 Å². The highest BCUT2D eigenvalue weighted by Crippen LogP contribution is 2.34. The summed E-state index contributed by atoms with van der Waals surface area (Å²) in [5.41, 5.74) is 8.08. The van der Waals surface area contributed by atoms with Crippen molar-refractivity contribution in [1.29, 1.82) is 0 Å². The normalized spacial score (nSPS) is 10.2. The molecule has 2 N–H and O–H groups in total. The molecular weight excluding hydrogens is 388 g/mol. The van der Waals surface area contributed by atoms with Crippen molar-refractivity contribution in [3.8, 4) is 22.6 Å². The van der Waals surface area contributed by atoms with Crippen LogP contribution in [0, 0.1) is 5.82 Å². The molecule has 3 aromatic rings. The van der Waals surface area contributed by atoms with Gasteiger partial charge in [-0.25, -0.2) is 4.39 Å². The van der Waals surface area contributed by atoms with Crippen LogP contribution in [-0.2, 0) is 6.61 Å². The lowest BCUT2D eigenvalue weighted by atomic mass is 10.0. The van der Waals surface area contributed by atoms with E-state index in [9.17, 15) is 4.39 Å². The first kappa shape index (κ1) is 21.0. The van der Waals surface area contributed by atoms with Gasteiger partial charge in [0, 0.05) is 6.54 Å². The van der Waals surface area contributed by atoms with E-state index in [0.717, 1.165) is 11.1 Å². The molecule has 27 heavy (non-hydrogen) atoms. The van der Waals surface area contributed by atoms with Gasteiger partial charge in [-0.3, -0.25) is 0 Å². The van der Waals surface area contributed by atoms with Crippen molar-refractivity contribution < 1.29 is 13.9 Å². The maximum Gasteiger partial charge on any atom is 0.162 e. The summed E-state index contributed by atoms with van der Waals surface area (Å²) < 4.78 is 25.4. The number of nitrogens with two attached hydrogens (primary N) is 1. The summed E-state index contributed by atoms with van der Waals surface area (Å²) in [6.07, 6.45) is 0. The van der Waals surface area contributed by atoms with Gasteiger partial charge < -0.3 is 15.2 Å². The van der Waals surface area contributed by atoms with Crippen LogP contribution in [0.2, 0.25) is 5.02 Å². The Balaban J connectivity index is 0.00000261. The number of benzene rings is 3. The molecule has 0 saturated heterocycles. The minimum atomic E-state index is -0.459. The third-order valence-electron chi connectivity index (χ3n) is 3.81. The predicted octanol–water partition coefficient (Wildman–Crippen LogP) is 5.48. The van der Waals surface area contributed by atoms with E-state index in [2.05, 4.69) is 0 Å². The Morgan fingerprint density at radius 2 is 1.56 bits per heavy atom. The molecule has 0 aliphatic carbocycles. The smallest absolute Gasteiger partial charge is 0.162 e.